The molecule has 4 rings (SSSR count). The van der Waals surface area contributed by atoms with Gasteiger partial charge in [0.15, 0.2) is 0 Å². The zero-order valence-electron chi connectivity index (χ0n) is 14.5. The van der Waals surface area contributed by atoms with Crippen molar-refractivity contribution in [1.82, 2.24) is 19.7 Å². The van der Waals surface area contributed by atoms with Crippen LogP contribution in [0.25, 0.3) is 22.0 Å². The molecule has 6 nitrogen and oxygen atoms in total. The number of hydrogen-bond acceptors (Lipinski definition) is 3. The van der Waals surface area contributed by atoms with Gasteiger partial charge in [-0.05, 0) is 31.0 Å². The molecule has 0 radical (unpaired) electrons. The van der Waals surface area contributed by atoms with Crippen LogP contribution in [0.5, 0.6) is 0 Å². The zero-order valence-corrected chi connectivity index (χ0v) is 14.5. The molecule has 3 aromatic rings. The lowest BCUT2D eigenvalue weighted by atomic mass is 10.0. The summed E-state index contributed by atoms with van der Waals surface area (Å²) in [5, 5.41) is 5.51. The number of amides is 1. The van der Waals surface area contributed by atoms with Crippen LogP contribution in [0, 0.1) is 5.82 Å². The molecule has 1 aliphatic heterocycles. The van der Waals surface area contributed by atoms with E-state index in [4.69, 9.17) is 5.73 Å². The highest BCUT2D eigenvalue weighted by atomic mass is 19.1. The van der Waals surface area contributed by atoms with E-state index in [2.05, 4.69) is 10.1 Å². The molecule has 1 saturated heterocycles. The minimum atomic E-state index is -0.252. The molecule has 1 aliphatic rings. The van der Waals surface area contributed by atoms with Crippen LogP contribution in [0.2, 0.25) is 0 Å². The first-order valence-corrected chi connectivity index (χ1v) is 8.94. The van der Waals surface area contributed by atoms with Crippen LogP contribution in [-0.4, -0.2) is 45.2 Å². The molecule has 0 unspecified atom stereocenters. The summed E-state index contributed by atoms with van der Waals surface area (Å²) in [5.74, 6) is -0.115. The Morgan fingerprint density at radius 3 is 2.85 bits per heavy atom. The number of piperidine rings is 1. The molecule has 0 aliphatic carbocycles. The number of aromatic amines is 1. The van der Waals surface area contributed by atoms with E-state index in [0.717, 1.165) is 48.0 Å². The van der Waals surface area contributed by atoms with Gasteiger partial charge < -0.3 is 15.6 Å². The number of rotatable bonds is 4. The maximum atomic E-state index is 13.4. The van der Waals surface area contributed by atoms with Crippen LogP contribution < -0.4 is 5.73 Å². The monoisotopic (exact) mass is 371 g/mol. The number of benzene rings is 1. The molecule has 27 heavy (non-hydrogen) atoms. The maximum absolute atomic E-state index is 13.4. The number of nitrogens with one attached hydrogen (secondary N) is 1. The van der Waals surface area contributed by atoms with Gasteiger partial charge >= 0.3 is 0 Å². The van der Waals surface area contributed by atoms with Crippen LogP contribution in [0.3, 0.4) is 0 Å². The van der Waals surface area contributed by atoms with Gasteiger partial charge in [-0.2, -0.15) is 5.10 Å². The Bertz CT molecular complexity index is 923. The van der Waals surface area contributed by atoms with Crippen molar-refractivity contribution in [3.63, 3.8) is 0 Å². The SMILES string of the molecule is C.NCCC(=O)N1CCC(n2cc(-c3c[nH]c4cc(F)ccc34)cn2)CC1. The Morgan fingerprint density at radius 2 is 2.11 bits per heavy atom. The van der Waals surface area contributed by atoms with Gasteiger partial charge in [0.05, 0.1) is 12.2 Å². The Hall–Kier alpha value is -2.67. The van der Waals surface area contributed by atoms with E-state index in [-0.39, 0.29) is 25.2 Å². The summed E-state index contributed by atoms with van der Waals surface area (Å²) in [6.07, 6.45) is 7.95. The third-order valence-electron chi connectivity index (χ3n) is 5.11. The Labute approximate surface area is 158 Å². The Kier molecular flexibility index (Phi) is 5.60. The van der Waals surface area contributed by atoms with Gasteiger partial charge in [0.25, 0.3) is 0 Å². The number of halogens is 1. The molecule has 0 spiro atoms. The molecule has 1 aromatic carbocycles. The quantitative estimate of drug-likeness (QED) is 0.738. The molecular weight excluding hydrogens is 345 g/mol. The number of likely N-dealkylation sites (tertiary alicyclic amines) is 1. The summed E-state index contributed by atoms with van der Waals surface area (Å²) >= 11 is 0. The van der Waals surface area contributed by atoms with Crippen molar-refractivity contribution in [2.45, 2.75) is 32.7 Å². The van der Waals surface area contributed by atoms with Crippen molar-refractivity contribution in [2.75, 3.05) is 19.6 Å². The van der Waals surface area contributed by atoms with Crippen LogP contribution in [0.4, 0.5) is 4.39 Å². The minimum absolute atomic E-state index is 0. The number of fused-ring (bicyclic) bond motifs is 1. The molecule has 7 heteroatoms. The lowest BCUT2D eigenvalue weighted by molar-refractivity contribution is -0.132. The standard InChI is InChI=1S/C19H22FN5O.CH4/c20-14-1-2-16-17(11-22-18(16)9-14)13-10-23-25(12-13)15-4-7-24(8-5-15)19(26)3-6-21;/h1-2,9-12,15,22H,3-8,21H2;1H4. The smallest absolute Gasteiger partial charge is 0.223 e. The van der Waals surface area contributed by atoms with Gasteiger partial charge in [0.1, 0.15) is 5.82 Å². The zero-order chi connectivity index (χ0) is 18.1. The number of carbonyl (C=O) groups is 1. The number of nitrogens with zero attached hydrogens (tertiary/aromatic N) is 3. The van der Waals surface area contributed by atoms with Gasteiger partial charge in [0, 0.05) is 60.5 Å². The van der Waals surface area contributed by atoms with Crippen molar-refractivity contribution in [3.8, 4) is 11.1 Å². The molecule has 1 fully saturated rings. The van der Waals surface area contributed by atoms with Crippen molar-refractivity contribution < 1.29 is 9.18 Å². The minimum Gasteiger partial charge on any atom is -0.360 e. The fraction of sp³-hybridized carbons (Fsp3) is 0.400. The second kappa shape index (κ2) is 7.92. The fourth-order valence-corrected chi connectivity index (χ4v) is 3.68. The van der Waals surface area contributed by atoms with Crippen molar-refractivity contribution in [1.29, 1.82) is 0 Å². The van der Waals surface area contributed by atoms with E-state index in [1.807, 2.05) is 28.2 Å². The van der Waals surface area contributed by atoms with Gasteiger partial charge in [0.2, 0.25) is 5.91 Å². The van der Waals surface area contributed by atoms with Crippen LogP contribution >= 0.6 is 0 Å². The largest absolute Gasteiger partial charge is 0.360 e. The molecule has 1 amide bonds. The number of nitrogens with two attached hydrogens (primary N) is 1. The molecule has 0 bridgehead atoms. The van der Waals surface area contributed by atoms with Gasteiger partial charge in [-0.1, -0.05) is 7.43 Å². The number of H-pyrrole nitrogens is 1. The third kappa shape index (κ3) is 3.73. The Morgan fingerprint density at radius 1 is 1.33 bits per heavy atom. The van der Waals surface area contributed by atoms with E-state index in [1.165, 1.54) is 12.1 Å². The highest BCUT2D eigenvalue weighted by Gasteiger charge is 2.24. The molecule has 0 atom stereocenters. The van der Waals surface area contributed by atoms with Crippen LogP contribution in [-0.2, 0) is 4.79 Å². The van der Waals surface area contributed by atoms with Gasteiger partial charge in [-0.15, -0.1) is 0 Å². The normalized spacial score (nSPS) is 15.1. The van der Waals surface area contributed by atoms with E-state index in [1.54, 1.807) is 6.07 Å². The van der Waals surface area contributed by atoms with E-state index in [0.29, 0.717) is 13.0 Å². The topological polar surface area (TPSA) is 79.9 Å². The summed E-state index contributed by atoms with van der Waals surface area (Å²) in [4.78, 5) is 16.9. The highest BCUT2D eigenvalue weighted by Crippen LogP contribution is 2.30. The van der Waals surface area contributed by atoms with Crippen molar-refractivity contribution in [3.05, 3.63) is 42.6 Å². The van der Waals surface area contributed by atoms with E-state index in [9.17, 15) is 9.18 Å². The molecular formula is C20H26FN5O. The summed E-state index contributed by atoms with van der Waals surface area (Å²) in [6.45, 7) is 1.88. The second-order valence-electron chi connectivity index (χ2n) is 6.75. The first kappa shape index (κ1) is 19.1. The van der Waals surface area contributed by atoms with Gasteiger partial charge in [-0.25, -0.2) is 4.39 Å². The van der Waals surface area contributed by atoms with E-state index >= 15 is 0 Å². The number of aromatic nitrogens is 3. The molecule has 3 N–H and O–H groups in total. The lowest BCUT2D eigenvalue weighted by Crippen LogP contribution is -2.39. The highest BCUT2D eigenvalue weighted by molar-refractivity contribution is 5.95. The first-order chi connectivity index (χ1) is 12.7. The summed E-state index contributed by atoms with van der Waals surface area (Å²) in [7, 11) is 0. The fourth-order valence-electron chi connectivity index (χ4n) is 3.68. The summed E-state index contributed by atoms with van der Waals surface area (Å²) < 4.78 is 15.3. The number of hydrogen-bond donors (Lipinski definition) is 2. The molecule has 0 saturated carbocycles. The molecule has 2 aromatic heterocycles. The molecule has 144 valence electrons. The Balaban J connectivity index is 0.00000210. The average Bonchev–Trinajstić information content (AvgIpc) is 3.28. The van der Waals surface area contributed by atoms with Crippen LogP contribution in [0.1, 0.15) is 32.7 Å². The average molecular weight is 371 g/mol. The molecule has 3 heterocycles. The number of carbonyl (C=O) groups excluding carboxylic acids is 1. The first-order valence-electron chi connectivity index (χ1n) is 8.94. The van der Waals surface area contributed by atoms with Crippen LogP contribution in [0.15, 0.2) is 36.8 Å². The van der Waals surface area contributed by atoms with E-state index < -0.39 is 0 Å². The third-order valence-corrected chi connectivity index (χ3v) is 5.11. The lowest BCUT2D eigenvalue weighted by Gasteiger charge is -2.32. The maximum Gasteiger partial charge on any atom is 0.223 e. The predicted molar refractivity (Wildman–Crippen MR) is 105 cm³/mol. The second-order valence-corrected chi connectivity index (χ2v) is 6.75. The summed E-state index contributed by atoms with van der Waals surface area (Å²) in [6, 6.07) is 5.04. The van der Waals surface area contributed by atoms with Crippen molar-refractivity contribution >= 4 is 16.8 Å². The predicted octanol–water partition coefficient (Wildman–Crippen LogP) is 3.32. The van der Waals surface area contributed by atoms with Gasteiger partial charge in [-0.3, -0.25) is 9.48 Å². The van der Waals surface area contributed by atoms with Crippen molar-refractivity contribution in [2.24, 2.45) is 5.73 Å². The summed E-state index contributed by atoms with van der Waals surface area (Å²) in [5.41, 5.74) is 8.26.